The second-order valence-electron chi connectivity index (χ2n) is 9.77. The summed E-state index contributed by atoms with van der Waals surface area (Å²) in [6.07, 6.45) is 0.818. The van der Waals surface area contributed by atoms with E-state index < -0.39 is 37.1 Å². The third-order valence-corrected chi connectivity index (χ3v) is 7.94. The van der Waals surface area contributed by atoms with Gasteiger partial charge in [-0.3, -0.25) is 0 Å². The van der Waals surface area contributed by atoms with Crippen molar-refractivity contribution in [2.75, 3.05) is 13.2 Å². The van der Waals surface area contributed by atoms with Crippen molar-refractivity contribution in [2.45, 2.75) is 76.0 Å². The van der Waals surface area contributed by atoms with E-state index in [9.17, 15) is 20.4 Å². The minimum atomic E-state index is -1.42. The van der Waals surface area contributed by atoms with Gasteiger partial charge in [0.15, 0.2) is 0 Å². The third-order valence-electron chi connectivity index (χ3n) is 7.57. The monoisotopic (exact) mass is 490 g/mol. The Morgan fingerprint density at radius 3 is 2.35 bits per heavy atom. The van der Waals surface area contributed by atoms with Crippen LogP contribution in [0.1, 0.15) is 61.8 Å². The maximum atomic E-state index is 10.5. The summed E-state index contributed by atoms with van der Waals surface area (Å²) in [4.78, 5) is 0. The molecule has 2 aromatic rings. The molecule has 2 fully saturated rings. The second-order valence-corrected chi connectivity index (χ2v) is 10.2. The van der Waals surface area contributed by atoms with Gasteiger partial charge in [0.2, 0.25) is 0 Å². The van der Waals surface area contributed by atoms with Crippen LogP contribution < -0.4 is 4.74 Å². The van der Waals surface area contributed by atoms with Crippen LogP contribution in [0.3, 0.4) is 0 Å². The number of halogens is 1. The predicted octanol–water partition coefficient (Wildman–Crippen LogP) is 3.79. The van der Waals surface area contributed by atoms with Gasteiger partial charge in [-0.05, 0) is 60.6 Å². The van der Waals surface area contributed by atoms with Gasteiger partial charge < -0.3 is 29.9 Å². The van der Waals surface area contributed by atoms with Gasteiger partial charge >= 0.3 is 0 Å². The molecular weight excluding hydrogens is 456 g/mol. The minimum Gasteiger partial charge on any atom is -0.493 e. The maximum absolute atomic E-state index is 10.5. The lowest BCUT2D eigenvalue weighted by Crippen LogP contribution is -2.55. The van der Waals surface area contributed by atoms with Gasteiger partial charge in [-0.1, -0.05) is 55.6 Å². The van der Waals surface area contributed by atoms with E-state index in [0.717, 1.165) is 29.9 Å². The number of ether oxygens (including phenoxy) is 2. The van der Waals surface area contributed by atoms with Gasteiger partial charge in [0.05, 0.1) is 13.2 Å². The summed E-state index contributed by atoms with van der Waals surface area (Å²) in [5.74, 6) is 0.865. The lowest BCUT2D eigenvalue weighted by molar-refractivity contribution is -0.231. The van der Waals surface area contributed by atoms with E-state index in [-0.39, 0.29) is 0 Å². The number of rotatable bonds is 8. The number of benzene rings is 2. The zero-order valence-electron chi connectivity index (χ0n) is 19.6. The summed E-state index contributed by atoms with van der Waals surface area (Å²) < 4.78 is 11.8. The fraction of sp³-hybridized carbons (Fsp3) is 0.556. The Kier molecular flexibility index (Phi) is 8.18. The van der Waals surface area contributed by atoms with Crippen LogP contribution in [0.2, 0.25) is 5.02 Å². The molecule has 2 aliphatic rings. The lowest BCUT2D eigenvalue weighted by atomic mass is 9.84. The molecule has 5 atom stereocenters. The van der Waals surface area contributed by atoms with Crippen molar-refractivity contribution < 1.29 is 29.9 Å². The normalized spacial score (nSPS) is 28.7. The fourth-order valence-electron chi connectivity index (χ4n) is 5.17. The van der Waals surface area contributed by atoms with E-state index in [1.54, 1.807) is 12.1 Å². The Balaban J connectivity index is 1.44. The molecule has 1 saturated carbocycles. The van der Waals surface area contributed by atoms with Crippen LogP contribution in [0.15, 0.2) is 42.5 Å². The van der Waals surface area contributed by atoms with Crippen molar-refractivity contribution >= 4 is 11.6 Å². The molecule has 186 valence electrons. The molecule has 1 heterocycles. The van der Waals surface area contributed by atoms with E-state index in [0.29, 0.717) is 22.4 Å². The molecule has 0 aromatic heterocycles. The quantitative estimate of drug-likeness (QED) is 0.449. The SMILES string of the molecule is CCC1(COc2ccc(Cc3cc([C@H]4O[C@H](CO)C(O)C(O)[C@H]4O)ccc3Cl)cc2)CCCC1. The minimum absolute atomic E-state index is 0.317. The summed E-state index contributed by atoms with van der Waals surface area (Å²) in [7, 11) is 0. The Morgan fingerprint density at radius 1 is 1.00 bits per heavy atom. The van der Waals surface area contributed by atoms with E-state index in [1.165, 1.54) is 25.7 Å². The van der Waals surface area contributed by atoms with Crippen molar-refractivity contribution in [1.29, 1.82) is 0 Å². The van der Waals surface area contributed by atoms with E-state index in [4.69, 9.17) is 21.1 Å². The highest BCUT2D eigenvalue weighted by Gasteiger charge is 2.44. The molecule has 34 heavy (non-hydrogen) atoms. The van der Waals surface area contributed by atoms with Crippen molar-refractivity contribution in [2.24, 2.45) is 5.41 Å². The second kappa shape index (κ2) is 10.9. The van der Waals surface area contributed by atoms with E-state index >= 15 is 0 Å². The summed E-state index contributed by atoms with van der Waals surface area (Å²) in [6, 6.07) is 13.3. The first-order valence-electron chi connectivity index (χ1n) is 12.2. The molecule has 1 aliphatic heterocycles. The zero-order valence-corrected chi connectivity index (χ0v) is 20.3. The first-order valence-corrected chi connectivity index (χ1v) is 12.5. The van der Waals surface area contributed by atoms with E-state index in [2.05, 4.69) is 6.92 Å². The Hall–Kier alpha value is -1.67. The number of aliphatic hydroxyl groups is 4. The standard InChI is InChI=1S/C27H35ClO6/c1-2-27(11-3-4-12-27)16-33-20-8-5-17(6-9-20)13-19-14-18(7-10-21(19)28)26-25(32)24(31)23(30)22(15-29)34-26/h5-10,14,22-26,29-32H,2-4,11-13,15-16H2,1H3/t22-,23?,24?,25-,26-/m1/s1. The predicted molar refractivity (Wildman–Crippen MR) is 130 cm³/mol. The van der Waals surface area contributed by atoms with Crippen LogP contribution >= 0.6 is 11.6 Å². The fourth-order valence-corrected chi connectivity index (χ4v) is 5.35. The third kappa shape index (κ3) is 5.43. The maximum Gasteiger partial charge on any atom is 0.119 e. The van der Waals surface area contributed by atoms with Gasteiger partial charge in [-0.25, -0.2) is 0 Å². The summed E-state index contributed by atoms with van der Waals surface area (Å²) in [6.45, 7) is 2.55. The van der Waals surface area contributed by atoms with Crippen molar-refractivity contribution in [3.63, 3.8) is 0 Å². The molecule has 1 saturated heterocycles. The Bertz CT molecular complexity index is 941. The van der Waals surface area contributed by atoms with Crippen molar-refractivity contribution in [3.05, 3.63) is 64.2 Å². The lowest BCUT2D eigenvalue weighted by Gasteiger charge is -2.40. The first-order chi connectivity index (χ1) is 16.4. The highest BCUT2D eigenvalue weighted by Crippen LogP contribution is 2.41. The summed E-state index contributed by atoms with van der Waals surface area (Å²) in [5, 5.41) is 40.7. The summed E-state index contributed by atoms with van der Waals surface area (Å²) in [5.41, 5.74) is 2.85. The smallest absolute Gasteiger partial charge is 0.119 e. The van der Waals surface area contributed by atoms with Crippen LogP contribution in [-0.2, 0) is 11.2 Å². The van der Waals surface area contributed by atoms with Gasteiger partial charge in [-0.2, -0.15) is 0 Å². The topological polar surface area (TPSA) is 99.4 Å². The van der Waals surface area contributed by atoms with Crippen LogP contribution in [0.4, 0.5) is 0 Å². The van der Waals surface area contributed by atoms with Crippen molar-refractivity contribution in [3.8, 4) is 5.75 Å². The molecule has 4 rings (SSSR count). The van der Waals surface area contributed by atoms with Gasteiger partial charge in [-0.15, -0.1) is 0 Å². The molecule has 0 spiro atoms. The van der Waals surface area contributed by atoms with Gasteiger partial charge in [0.1, 0.15) is 36.3 Å². The molecular formula is C27H35ClO6. The molecule has 6 nitrogen and oxygen atoms in total. The molecule has 0 radical (unpaired) electrons. The van der Waals surface area contributed by atoms with Crippen LogP contribution in [0, 0.1) is 5.41 Å². The number of hydrogen-bond donors (Lipinski definition) is 4. The van der Waals surface area contributed by atoms with Crippen LogP contribution in [0.25, 0.3) is 0 Å². The van der Waals surface area contributed by atoms with Crippen LogP contribution in [-0.4, -0.2) is 58.1 Å². The van der Waals surface area contributed by atoms with Gasteiger partial charge in [0.25, 0.3) is 0 Å². The largest absolute Gasteiger partial charge is 0.493 e. The molecule has 2 unspecified atom stereocenters. The highest BCUT2D eigenvalue weighted by molar-refractivity contribution is 6.31. The van der Waals surface area contributed by atoms with Gasteiger partial charge in [0, 0.05) is 10.4 Å². The number of aliphatic hydroxyl groups excluding tert-OH is 4. The van der Waals surface area contributed by atoms with Crippen molar-refractivity contribution in [1.82, 2.24) is 0 Å². The molecule has 4 N–H and O–H groups in total. The zero-order chi connectivity index (χ0) is 24.3. The summed E-state index contributed by atoms with van der Waals surface area (Å²) >= 11 is 6.46. The van der Waals surface area contributed by atoms with E-state index in [1.807, 2.05) is 30.3 Å². The Morgan fingerprint density at radius 2 is 1.71 bits per heavy atom. The van der Waals surface area contributed by atoms with Crippen LogP contribution in [0.5, 0.6) is 5.75 Å². The molecule has 0 bridgehead atoms. The first kappa shape index (κ1) is 25.4. The Labute approximate surface area is 206 Å². The average Bonchev–Trinajstić information content (AvgIpc) is 3.33. The highest BCUT2D eigenvalue weighted by atomic mass is 35.5. The molecule has 2 aromatic carbocycles. The molecule has 7 heteroatoms. The average molecular weight is 491 g/mol. The molecule has 1 aliphatic carbocycles. The molecule has 0 amide bonds. The number of hydrogen-bond acceptors (Lipinski definition) is 6.